The minimum absolute atomic E-state index is 0.263. The second kappa shape index (κ2) is 9.70. The second-order valence-corrected chi connectivity index (χ2v) is 6.08. The van der Waals surface area contributed by atoms with Crippen molar-refractivity contribution in [1.29, 1.82) is 0 Å². The van der Waals surface area contributed by atoms with E-state index < -0.39 is 6.03 Å². The number of hydrogen-bond acceptors (Lipinski definition) is 4. The van der Waals surface area contributed by atoms with Crippen LogP contribution in [0.3, 0.4) is 0 Å². The number of benzene rings is 1. The maximum absolute atomic E-state index is 10.7. The first kappa shape index (κ1) is 16.9. The van der Waals surface area contributed by atoms with Crippen LogP contribution in [0.5, 0.6) is 0 Å². The molecule has 0 atom stereocenters. The van der Waals surface area contributed by atoms with Gasteiger partial charge < -0.3 is 11.1 Å². The van der Waals surface area contributed by atoms with Gasteiger partial charge in [-0.2, -0.15) is 11.8 Å². The fourth-order valence-corrected chi connectivity index (χ4v) is 2.62. The van der Waals surface area contributed by atoms with Crippen LogP contribution in [-0.2, 0) is 0 Å². The average Bonchev–Trinajstić information content (AvgIpc) is 2.96. The molecule has 0 aromatic heterocycles. The maximum Gasteiger partial charge on any atom is 0.316 e. The highest BCUT2D eigenvalue weighted by Gasteiger charge is 2.03. The molecule has 5 N–H and O–H groups in total. The number of nitrogens with one attached hydrogen (secondary N) is 3. The van der Waals surface area contributed by atoms with Crippen LogP contribution in [-0.4, -0.2) is 21.5 Å². The Morgan fingerprint density at radius 2 is 1.75 bits per heavy atom. The van der Waals surface area contributed by atoms with Gasteiger partial charge in [-0.1, -0.05) is 12.1 Å². The number of amides is 3. The summed E-state index contributed by atoms with van der Waals surface area (Å²) in [4.78, 5) is 21.3. The van der Waals surface area contributed by atoms with Crippen LogP contribution in [0.15, 0.2) is 24.3 Å². The molecule has 2 rings (SSSR count). The molecule has 8 heteroatoms. The molecule has 1 aliphatic heterocycles. The van der Waals surface area contributed by atoms with E-state index in [1.807, 2.05) is 0 Å². The van der Waals surface area contributed by atoms with E-state index in [0.717, 1.165) is 0 Å². The number of urea groups is 1. The van der Waals surface area contributed by atoms with E-state index in [0.29, 0.717) is 11.4 Å². The minimum Gasteiger partial charge on any atom is -0.351 e. The Morgan fingerprint density at radius 1 is 1.15 bits per heavy atom. The largest absolute Gasteiger partial charge is 0.351 e. The van der Waals surface area contributed by atoms with Crippen molar-refractivity contribution < 1.29 is 9.59 Å². The van der Waals surface area contributed by atoms with E-state index in [4.69, 9.17) is 5.73 Å². The van der Waals surface area contributed by atoms with Gasteiger partial charge in [-0.25, -0.2) is 4.79 Å². The zero-order valence-corrected chi connectivity index (χ0v) is 13.8. The number of anilines is 2. The van der Waals surface area contributed by atoms with Gasteiger partial charge in [-0.3, -0.25) is 15.6 Å². The van der Waals surface area contributed by atoms with Crippen LogP contribution >= 0.6 is 34.4 Å². The third-order valence-electron chi connectivity index (χ3n) is 2.31. The van der Waals surface area contributed by atoms with Gasteiger partial charge >= 0.3 is 6.03 Å². The number of hydrogen-bond donors (Lipinski definition) is 4. The minimum atomic E-state index is -0.662. The topological polar surface area (TPSA) is 96.2 Å². The SMILES string of the molecule is C1CCSC1.NC(=O)Nc1ccccc1NNC(=O)I. The van der Waals surface area contributed by atoms with E-state index in [9.17, 15) is 9.59 Å². The van der Waals surface area contributed by atoms with Gasteiger partial charge in [-0.15, -0.1) is 0 Å². The van der Waals surface area contributed by atoms with Crippen molar-refractivity contribution in [2.45, 2.75) is 12.8 Å². The predicted molar refractivity (Wildman–Crippen MR) is 92.4 cm³/mol. The highest BCUT2D eigenvalue weighted by Crippen LogP contribution is 2.19. The Morgan fingerprint density at radius 3 is 2.20 bits per heavy atom. The monoisotopic (exact) mass is 408 g/mol. The lowest BCUT2D eigenvalue weighted by molar-refractivity contribution is 0.259. The third kappa shape index (κ3) is 7.43. The lowest BCUT2D eigenvalue weighted by Gasteiger charge is -2.11. The number of rotatable bonds is 3. The molecular weight excluding hydrogens is 391 g/mol. The molecule has 0 bridgehead atoms. The molecule has 20 heavy (non-hydrogen) atoms. The second-order valence-electron chi connectivity index (χ2n) is 3.88. The first-order chi connectivity index (χ1) is 9.59. The summed E-state index contributed by atoms with van der Waals surface area (Å²) in [6, 6.07) is 6.19. The number of carbonyl (C=O) groups excluding carboxylic acids is 2. The van der Waals surface area contributed by atoms with E-state index >= 15 is 0 Å². The molecule has 1 heterocycles. The highest BCUT2D eigenvalue weighted by molar-refractivity contribution is 14.1. The van der Waals surface area contributed by atoms with Gasteiger partial charge in [0.25, 0.3) is 3.91 Å². The lowest BCUT2D eigenvalue weighted by Crippen LogP contribution is -2.25. The van der Waals surface area contributed by atoms with Crippen LogP contribution in [0.4, 0.5) is 21.0 Å². The van der Waals surface area contributed by atoms with Crippen LogP contribution < -0.4 is 21.9 Å². The number of primary amides is 1. The quantitative estimate of drug-likeness (QED) is 0.267. The van der Waals surface area contributed by atoms with Crippen molar-refractivity contribution in [2.75, 3.05) is 22.2 Å². The van der Waals surface area contributed by atoms with Crippen LogP contribution in [0.25, 0.3) is 0 Å². The number of carbonyl (C=O) groups is 2. The Labute approximate surface area is 135 Å². The summed E-state index contributed by atoms with van der Waals surface area (Å²) in [5.41, 5.74) is 11.1. The van der Waals surface area contributed by atoms with Crippen molar-refractivity contribution in [3.05, 3.63) is 24.3 Å². The summed E-state index contributed by atoms with van der Waals surface area (Å²) < 4.78 is -0.263. The number of hydrazine groups is 1. The lowest BCUT2D eigenvalue weighted by atomic mass is 10.3. The van der Waals surface area contributed by atoms with E-state index in [-0.39, 0.29) is 3.91 Å². The standard InChI is InChI=1S/C8H9IN4O2.C4H8S/c9-7(14)13-12-6-4-2-1-3-5(6)11-8(10)15;1-2-4-5-3-1/h1-4,12H,(H,13,14)(H3,10,11,15);1-4H2. The molecule has 0 saturated carbocycles. The number of halogens is 1. The molecule has 1 saturated heterocycles. The molecule has 1 fully saturated rings. The Hall–Kier alpha value is -1.16. The Balaban J connectivity index is 0.000000333. The predicted octanol–water partition coefficient (Wildman–Crippen LogP) is 3.16. The Bertz CT molecular complexity index is 447. The molecule has 6 nitrogen and oxygen atoms in total. The number of para-hydroxylation sites is 2. The third-order valence-corrected chi connectivity index (χ3v) is 3.73. The molecule has 1 aromatic carbocycles. The molecule has 0 unspecified atom stereocenters. The summed E-state index contributed by atoms with van der Waals surface area (Å²) in [7, 11) is 0. The number of nitrogens with two attached hydrogens (primary N) is 1. The molecule has 1 aromatic rings. The smallest absolute Gasteiger partial charge is 0.316 e. The summed E-state index contributed by atoms with van der Waals surface area (Å²) in [5, 5.41) is 2.42. The van der Waals surface area contributed by atoms with E-state index in [1.54, 1.807) is 46.9 Å². The summed E-state index contributed by atoms with van der Waals surface area (Å²) >= 11 is 3.66. The van der Waals surface area contributed by atoms with Gasteiger partial charge in [0.15, 0.2) is 0 Å². The summed E-state index contributed by atoms with van der Waals surface area (Å²) in [5.74, 6) is 2.83. The van der Waals surface area contributed by atoms with Crippen molar-refractivity contribution in [1.82, 2.24) is 5.43 Å². The molecule has 0 radical (unpaired) electrons. The Kier molecular flexibility index (Phi) is 8.19. The van der Waals surface area contributed by atoms with E-state index in [2.05, 4.69) is 27.9 Å². The van der Waals surface area contributed by atoms with Crippen LogP contribution in [0.1, 0.15) is 12.8 Å². The first-order valence-electron chi connectivity index (χ1n) is 6.04. The zero-order chi connectivity index (χ0) is 14.8. The van der Waals surface area contributed by atoms with Gasteiger partial charge in [0.05, 0.1) is 11.4 Å². The molecule has 0 aliphatic carbocycles. The van der Waals surface area contributed by atoms with Crippen molar-refractivity contribution >= 4 is 55.7 Å². The number of thioether (sulfide) groups is 1. The van der Waals surface area contributed by atoms with Gasteiger partial charge in [0.2, 0.25) is 0 Å². The molecule has 0 spiro atoms. The summed E-state index contributed by atoms with van der Waals surface area (Å²) in [6.07, 6.45) is 2.93. The van der Waals surface area contributed by atoms with Crippen LogP contribution in [0.2, 0.25) is 0 Å². The zero-order valence-electron chi connectivity index (χ0n) is 10.8. The van der Waals surface area contributed by atoms with Crippen molar-refractivity contribution in [2.24, 2.45) is 5.73 Å². The van der Waals surface area contributed by atoms with Gasteiger partial charge in [-0.05, 0) is 36.5 Å². The highest BCUT2D eigenvalue weighted by atomic mass is 127. The molecular formula is C12H17IN4O2S. The summed E-state index contributed by atoms with van der Waals surface area (Å²) in [6.45, 7) is 0. The molecule has 1 aliphatic rings. The van der Waals surface area contributed by atoms with Gasteiger partial charge in [0.1, 0.15) is 0 Å². The van der Waals surface area contributed by atoms with Crippen molar-refractivity contribution in [3.63, 3.8) is 0 Å². The van der Waals surface area contributed by atoms with E-state index in [1.165, 1.54) is 24.3 Å². The average molecular weight is 408 g/mol. The molecule has 110 valence electrons. The fourth-order valence-electron chi connectivity index (χ4n) is 1.46. The van der Waals surface area contributed by atoms with Crippen molar-refractivity contribution in [3.8, 4) is 0 Å². The first-order valence-corrected chi connectivity index (χ1v) is 8.27. The maximum atomic E-state index is 10.7. The fraction of sp³-hybridized carbons (Fsp3) is 0.333. The molecule has 3 amide bonds. The van der Waals surface area contributed by atoms with Gasteiger partial charge in [0, 0.05) is 22.6 Å². The van der Waals surface area contributed by atoms with Crippen LogP contribution in [0, 0.1) is 0 Å². The normalized spacial score (nSPS) is 12.8.